The fourth-order valence-electron chi connectivity index (χ4n) is 3.89. The number of nitrogens with zero attached hydrogens (tertiary/aromatic N) is 2. The number of esters is 1. The van der Waals surface area contributed by atoms with E-state index in [1.165, 1.54) is 49.0 Å². The third kappa shape index (κ3) is 5.90. The average Bonchev–Trinajstić information content (AvgIpc) is 3.36. The SMILES string of the molecule is COc1cc(/C=C/C(=O)OCC(=O)Nc2ccc(Cl)cn2)cc(S(=O)(=O)N2CCc3ccccc32)c1OC. The van der Waals surface area contributed by atoms with Gasteiger partial charge >= 0.3 is 5.97 Å². The summed E-state index contributed by atoms with van der Waals surface area (Å²) >= 11 is 5.76. The molecule has 0 fully saturated rings. The molecule has 12 heteroatoms. The molecular formula is C26H24ClN3O7S. The summed E-state index contributed by atoms with van der Waals surface area (Å²) in [6, 6.07) is 13.3. The molecule has 1 aliphatic rings. The Hall–Kier alpha value is -4.09. The van der Waals surface area contributed by atoms with Crippen molar-refractivity contribution in [2.24, 2.45) is 0 Å². The van der Waals surface area contributed by atoms with Gasteiger partial charge in [0, 0.05) is 18.8 Å². The number of rotatable bonds is 9. The Balaban J connectivity index is 1.51. The van der Waals surface area contributed by atoms with Gasteiger partial charge in [0.2, 0.25) is 0 Å². The van der Waals surface area contributed by atoms with Crippen molar-refractivity contribution in [2.75, 3.05) is 37.0 Å². The number of sulfonamides is 1. The normalized spacial score (nSPS) is 12.8. The number of carbonyl (C=O) groups is 2. The molecule has 0 spiro atoms. The molecule has 1 aliphatic heterocycles. The molecule has 10 nitrogen and oxygen atoms in total. The molecule has 2 aromatic carbocycles. The van der Waals surface area contributed by atoms with E-state index in [0.717, 1.165) is 11.6 Å². The second-order valence-corrected chi connectivity index (χ2v) is 10.3. The number of aromatic nitrogens is 1. The Morgan fingerprint density at radius 3 is 2.63 bits per heavy atom. The van der Waals surface area contributed by atoms with Crippen LogP contribution >= 0.6 is 11.6 Å². The molecule has 1 amide bonds. The van der Waals surface area contributed by atoms with Gasteiger partial charge < -0.3 is 19.5 Å². The second-order valence-electron chi connectivity index (χ2n) is 8.06. The summed E-state index contributed by atoms with van der Waals surface area (Å²) in [7, 11) is -1.29. The van der Waals surface area contributed by atoms with Crippen LogP contribution in [-0.2, 0) is 30.8 Å². The van der Waals surface area contributed by atoms with Gasteiger partial charge in [0.05, 0.1) is 24.9 Å². The highest BCUT2D eigenvalue weighted by molar-refractivity contribution is 7.93. The fraction of sp³-hybridized carbons (Fsp3) is 0.192. The smallest absolute Gasteiger partial charge is 0.331 e. The molecule has 0 bridgehead atoms. The zero-order chi connectivity index (χ0) is 27.3. The van der Waals surface area contributed by atoms with Gasteiger partial charge in [0.25, 0.3) is 15.9 Å². The summed E-state index contributed by atoms with van der Waals surface area (Å²) in [6.45, 7) is -0.263. The van der Waals surface area contributed by atoms with E-state index >= 15 is 0 Å². The molecule has 38 heavy (non-hydrogen) atoms. The molecule has 198 valence electrons. The third-order valence-electron chi connectivity index (χ3n) is 5.63. The number of amides is 1. The second kappa shape index (κ2) is 11.5. The van der Waals surface area contributed by atoms with Crippen LogP contribution in [0.5, 0.6) is 11.5 Å². The van der Waals surface area contributed by atoms with Crippen LogP contribution in [0.15, 0.2) is 65.7 Å². The highest BCUT2D eigenvalue weighted by Gasteiger charge is 2.34. The number of methoxy groups -OCH3 is 2. The van der Waals surface area contributed by atoms with E-state index < -0.39 is 28.5 Å². The van der Waals surface area contributed by atoms with Crippen molar-refractivity contribution in [3.05, 3.63) is 77.0 Å². The molecular weight excluding hydrogens is 534 g/mol. The van der Waals surface area contributed by atoms with Crippen molar-refractivity contribution in [2.45, 2.75) is 11.3 Å². The first-order valence-corrected chi connectivity index (χ1v) is 13.2. The van der Waals surface area contributed by atoms with Crippen LogP contribution in [0.3, 0.4) is 0 Å². The van der Waals surface area contributed by atoms with Crippen LogP contribution in [0.2, 0.25) is 5.02 Å². The van der Waals surface area contributed by atoms with Crippen LogP contribution in [0.25, 0.3) is 6.08 Å². The molecule has 0 radical (unpaired) electrons. The first kappa shape index (κ1) is 27.0. The molecule has 4 rings (SSSR count). The fourth-order valence-corrected chi connectivity index (χ4v) is 5.71. The quantitative estimate of drug-likeness (QED) is 0.312. The third-order valence-corrected chi connectivity index (χ3v) is 7.67. The molecule has 1 N–H and O–H groups in total. The van der Waals surface area contributed by atoms with Crippen molar-refractivity contribution < 1.29 is 32.2 Å². The van der Waals surface area contributed by atoms with Gasteiger partial charge in [-0.25, -0.2) is 18.2 Å². The topological polar surface area (TPSA) is 124 Å². The molecule has 0 unspecified atom stereocenters. The number of hydrogen-bond acceptors (Lipinski definition) is 8. The van der Waals surface area contributed by atoms with Crippen molar-refractivity contribution in [1.82, 2.24) is 4.98 Å². The van der Waals surface area contributed by atoms with Crippen LogP contribution in [0.4, 0.5) is 11.5 Å². The van der Waals surface area contributed by atoms with Crippen LogP contribution in [0.1, 0.15) is 11.1 Å². The first-order valence-electron chi connectivity index (χ1n) is 11.4. The van der Waals surface area contributed by atoms with Crippen LogP contribution in [0, 0.1) is 0 Å². The van der Waals surface area contributed by atoms with Gasteiger partial charge in [-0.15, -0.1) is 0 Å². The number of pyridine rings is 1. The van der Waals surface area contributed by atoms with E-state index in [1.54, 1.807) is 18.2 Å². The molecule has 0 atom stereocenters. The van der Waals surface area contributed by atoms with Crippen molar-refractivity contribution >= 4 is 51.1 Å². The highest BCUT2D eigenvalue weighted by atomic mass is 35.5. The number of halogens is 1. The van der Waals surface area contributed by atoms with Gasteiger partial charge in [-0.2, -0.15) is 0 Å². The van der Waals surface area contributed by atoms with E-state index in [-0.39, 0.29) is 28.8 Å². The monoisotopic (exact) mass is 557 g/mol. The largest absolute Gasteiger partial charge is 0.493 e. The lowest BCUT2D eigenvalue weighted by atomic mass is 10.2. The van der Waals surface area contributed by atoms with Gasteiger partial charge in [-0.05, 0) is 54.0 Å². The predicted molar refractivity (Wildman–Crippen MR) is 142 cm³/mol. The predicted octanol–water partition coefficient (Wildman–Crippen LogP) is 3.70. The number of carbonyl (C=O) groups excluding carboxylic acids is 2. The highest BCUT2D eigenvalue weighted by Crippen LogP contribution is 2.40. The number of nitrogens with one attached hydrogen (secondary N) is 1. The standard InChI is InChI=1S/C26H24ClN3O7S/c1-35-21-13-17(7-10-25(32)37-16-24(31)29-23-9-8-19(27)15-28-23)14-22(26(21)36-2)38(33,34)30-12-11-18-5-3-4-6-20(18)30/h3-10,13-15H,11-12,16H2,1-2H3,(H,28,29,31)/b10-7+. The maximum Gasteiger partial charge on any atom is 0.331 e. The number of fused-ring (bicyclic) bond motifs is 1. The van der Waals surface area contributed by atoms with E-state index in [1.807, 2.05) is 12.1 Å². The lowest BCUT2D eigenvalue weighted by Crippen LogP contribution is -2.29. The average molecular weight is 558 g/mol. The minimum atomic E-state index is -4.03. The number of para-hydroxylation sites is 1. The van der Waals surface area contributed by atoms with E-state index in [2.05, 4.69) is 10.3 Å². The van der Waals surface area contributed by atoms with Gasteiger partial charge in [-0.3, -0.25) is 9.10 Å². The summed E-state index contributed by atoms with van der Waals surface area (Å²) in [5.41, 5.74) is 1.88. The number of anilines is 2. The van der Waals surface area contributed by atoms with Crippen molar-refractivity contribution in [1.29, 1.82) is 0 Å². The number of ether oxygens (including phenoxy) is 3. The Morgan fingerprint density at radius 1 is 1.13 bits per heavy atom. The minimum absolute atomic E-state index is 0.0455. The Bertz CT molecular complexity index is 1490. The van der Waals surface area contributed by atoms with Gasteiger partial charge in [-0.1, -0.05) is 29.8 Å². The summed E-state index contributed by atoms with van der Waals surface area (Å²) in [5, 5.41) is 2.89. The molecule has 0 saturated heterocycles. The summed E-state index contributed by atoms with van der Waals surface area (Å²) < 4.78 is 44.5. The summed E-state index contributed by atoms with van der Waals surface area (Å²) in [4.78, 5) is 28.0. The molecule has 3 aromatic rings. The van der Waals surface area contributed by atoms with Crippen LogP contribution in [-0.4, -0.2) is 52.6 Å². The maximum absolute atomic E-state index is 13.7. The molecule has 0 aliphatic carbocycles. The molecule has 0 saturated carbocycles. The lowest BCUT2D eigenvalue weighted by Gasteiger charge is -2.22. The zero-order valence-electron chi connectivity index (χ0n) is 20.5. The Kier molecular flexibility index (Phi) is 8.18. The number of hydrogen-bond donors (Lipinski definition) is 1. The first-order chi connectivity index (χ1) is 18.2. The number of benzene rings is 2. The zero-order valence-corrected chi connectivity index (χ0v) is 22.1. The van der Waals surface area contributed by atoms with Crippen LogP contribution < -0.4 is 19.1 Å². The summed E-state index contributed by atoms with van der Waals surface area (Å²) in [5.74, 6) is -0.928. The minimum Gasteiger partial charge on any atom is -0.493 e. The van der Waals surface area contributed by atoms with E-state index in [9.17, 15) is 18.0 Å². The van der Waals surface area contributed by atoms with Crippen molar-refractivity contribution in [3.63, 3.8) is 0 Å². The van der Waals surface area contributed by atoms with E-state index in [4.69, 9.17) is 25.8 Å². The molecule has 1 aromatic heterocycles. The lowest BCUT2D eigenvalue weighted by molar-refractivity contribution is -0.142. The van der Waals surface area contributed by atoms with E-state index in [0.29, 0.717) is 22.7 Å². The van der Waals surface area contributed by atoms with Gasteiger partial charge in [0.1, 0.15) is 10.7 Å². The summed E-state index contributed by atoms with van der Waals surface area (Å²) in [6.07, 6.45) is 4.39. The molecule has 2 heterocycles. The van der Waals surface area contributed by atoms with Gasteiger partial charge in [0.15, 0.2) is 18.1 Å². The Labute approximate surface area is 224 Å². The maximum atomic E-state index is 13.7. The Morgan fingerprint density at radius 2 is 1.92 bits per heavy atom. The van der Waals surface area contributed by atoms with Crippen molar-refractivity contribution in [3.8, 4) is 11.5 Å².